The lowest BCUT2D eigenvalue weighted by atomic mass is 10.0. The number of rotatable bonds is 4. The first-order valence-electron chi connectivity index (χ1n) is 8.93. The second-order valence-electron chi connectivity index (χ2n) is 6.45. The topological polar surface area (TPSA) is 73.0 Å². The molecule has 1 aliphatic heterocycles. The van der Waals surface area contributed by atoms with Crippen molar-refractivity contribution in [2.24, 2.45) is 0 Å². The van der Waals surface area contributed by atoms with Crippen molar-refractivity contribution in [2.45, 2.75) is 24.2 Å². The second-order valence-corrected chi connectivity index (χ2v) is 7.29. The van der Waals surface area contributed by atoms with E-state index in [-0.39, 0.29) is 10.6 Å². The molecule has 0 bridgehead atoms. The highest BCUT2D eigenvalue weighted by molar-refractivity contribution is 7.98. The van der Waals surface area contributed by atoms with E-state index < -0.39 is 0 Å². The molecular formula is C20H20N4O2S. The fraction of sp³-hybridized carbons (Fsp3) is 0.250. The summed E-state index contributed by atoms with van der Waals surface area (Å²) >= 11 is 1.71. The maximum atomic E-state index is 11.0. The summed E-state index contributed by atoms with van der Waals surface area (Å²) in [7, 11) is 0. The summed E-state index contributed by atoms with van der Waals surface area (Å²) in [4.78, 5) is 11.8. The lowest BCUT2D eigenvalue weighted by molar-refractivity contribution is -0.384. The van der Waals surface area contributed by atoms with Crippen LogP contribution in [0.25, 0.3) is 16.9 Å². The maximum Gasteiger partial charge on any atom is 0.269 e. The molecule has 6 nitrogen and oxygen atoms in total. The van der Waals surface area contributed by atoms with Crippen molar-refractivity contribution in [1.29, 1.82) is 0 Å². The summed E-state index contributed by atoms with van der Waals surface area (Å²) in [5.74, 6) is 0.993. The van der Waals surface area contributed by atoms with Crippen LogP contribution in [0.4, 0.5) is 11.5 Å². The summed E-state index contributed by atoms with van der Waals surface area (Å²) in [6.45, 7) is 0.898. The number of nitrogens with one attached hydrogen (secondary N) is 1. The van der Waals surface area contributed by atoms with E-state index in [0.717, 1.165) is 48.6 Å². The van der Waals surface area contributed by atoms with Crippen molar-refractivity contribution in [3.05, 3.63) is 64.2 Å². The number of hydrogen-bond donors (Lipinski definition) is 1. The van der Waals surface area contributed by atoms with Gasteiger partial charge in [0.25, 0.3) is 5.69 Å². The Kier molecular flexibility index (Phi) is 4.85. The number of nitrogens with zero attached hydrogens (tertiary/aromatic N) is 3. The van der Waals surface area contributed by atoms with Gasteiger partial charge in [-0.1, -0.05) is 18.2 Å². The Hall–Kier alpha value is -2.80. The number of anilines is 1. The van der Waals surface area contributed by atoms with E-state index in [1.54, 1.807) is 23.9 Å². The van der Waals surface area contributed by atoms with E-state index in [4.69, 9.17) is 5.10 Å². The highest BCUT2D eigenvalue weighted by Crippen LogP contribution is 2.37. The number of nitro groups is 1. The van der Waals surface area contributed by atoms with Crippen LogP contribution in [0.5, 0.6) is 0 Å². The molecule has 0 radical (unpaired) electrons. The van der Waals surface area contributed by atoms with Gasteiger partial charge < -0.3 is 5.32 Å². The molecule has 0 saturated heterocycles. The van der Waals surface area contributed by atoms with Crippen LogP contribution in [0.1, 0.15) is 18.4 Å². The molecule has 2 aromatic carbocycles. The maximum absolute atomic E-state index is 11.0. The quantitative estimate of drug-likeness (QED) is 0.395. The van der Waals surface area contributed by atoms with Crippen molar-refractivity contribution in [2.75, 3.05) is 18.1 Å². The molecule has 0 spiro atoms. The lowest BCUT2D eigenvalue weighted by Gasteiger charge is -2.09. The van der Waals surface area contributed by atoms with Gasteiger partial charge in [-0.25, -0.2) is 4.68 Å². The van der Waals surface area contributed by atoms with Crippen molar-refractivity contribution >= 4 is 23.3 Å². The first-order valence-corrected chi connectivity index (χ1v) is 10.2. The van der Waals surface area contributed by atoms with Crippen LogP contribution < -0.4 is 5.32 Å². The minimum atomic E-state index is -0.383. The number of hydrogen-bond acceptors (Lipinski definition) is 5. The Balaban J connectivity index is 1.88. The molecule has 1 N–H and O–H groups in total. The van der Waals surface area contributed by atoms with Crippen LogP contribution >= 0.6 is 11.8 Å². The van der Waals surface area contributed by atoms with Crippen molar-refractivity contribution in [3.63, 3.8) is 0 Å². The minimum absolute atomic E-state index is 0.0814. The molecule has 0 saturated carbocycles. The Morgan fingerprint density at radius 2 is 1.93 bits per heavy atom. The predicted molar refractivity (Wildman–Crippen MR) is 109 cm³/mol. The lowest BCUT2D eigenvalue weighted by Crippen LogP contribution is -2.07. The summed E-state index contributed by atoms with van der Waals surface area (Å²) in [6.07, 6.45) is 5.26. The van der Waals surface area contributed by atoms with Crippen LogP contribution in [0.3, 0.4) is 0 Å². The van der Waals surface area contributed by atoms with Crippen LogP contribution in [-0.2, 0) is 6.42 Å². The Bertz CT molecular complexity index is 982. The van der Waals surface area contributed by atoms with E-state index in [1.165, 1.54) is 22.6 Å². The van der Waals surface area contributed by atoms with E-state index >= 15 is 0 Å². The zero-order chi connectivity index (χ0) is 18.8. The molecule has 0 fully saturated rings. The van der Waals surface area contributed by atoms with Crippen molar-refractivity contribution in [3.8, 4) is 16.9 Å². The summed E-state index contributed by atoms with van der Waals surface area (Å²) in [5.41, 5.74) is 4.23. The zero-order valence-electron chi connectivity index (χ0n) is 15.0. The van der Waals surface area contributed by atoms with Gasteiger partial charge in [-0.2, -0.15) is 5.10 Å². The van der Waals surface area contributed by atoms with E-state index in [2.05, 4.69) is 23.7 Å². The third-order valence-electron chi connectivity index (χ3n) is 4.80. The van der Waals surface area contributed by atoms with Crippen molar-refractivity contribution in [1.82, 2.24) is 9.78 Å². The van der Waals surface area contributed by atoms with Crippen molar-refractivity contribution < 1.29 is 4.92 Å². The van der Waals surface area contributed by atoms with E-state index in [9.17, 15) is 10.1 Å². The molecule has 1 aromatic heterocycles. The number of aromatic nitrogens is 2. The molecule has 0 unspecified atom stereocenters. The zero-order valence-corrected chi connectivity index (χ0v) is 15.8. The SMILES string of the molecule is CSc1ccccc1-c1nn(-c2ccc([N+](=O)[O-])cc2)c2c1CCCCN2. The average molecular weight is 380 g/mol. The smallest absolute Gasteiger partial charge is 0.269 e. The van der Waals surface area contributed by atoms with Gasteiger partial charge in [0.1, 0.15) is 5.82 Å². The van der Waals surface area contributed by atoms with E-state index in [0.29, 0.717) is 0 Å². The van der Waals surface area contributed by atoms with E-state index in [1.807, 2.05) is 16.8 Å². The Morgan fingerprint density at radius 3 is 2.67 bits per heavy atom. The molecule has 27 heavy (non-hydrogen) atoms. The fourth-order valence-corrected chi connectivity index (χ4v) is 4.06. The first-order chi connectivity index (χ1) is 13.2. The Labute approximate surface area is 161 Å². The van der Waals surface area contributed by atoms with Gasteiger partial charge >= 0.3 is 0 Å². The molecule has 0 atom stereocenters. The van der Waals surface area contributed by atoms with Crippen LogP contribution in [0, 0.1) is 10.1 Å². The highest BCUT2D eigenvalue weighted by atomic mass is 32.2. The predicted octanol–water partition coefficient (Wildman–Crippen LogP) is 4.92. The molecular weight excluding hydrogens is 360 g/mol. The molecule has 3 aromatic rings. The standard InChI is InChI=1S/C20H20N4O2S/c1-27-18-8-3-2-6-16(18)19-17-7-4-5-13-21-20(17)23(22-19)14-9-11-15(12-10-14)24(25)26/h2-3,6,8-12,21H,4-5,7,13H2,1H3. The number of benzene rings is 2. The molecule has 2 heterocycles. The van der Waals surface area contributed by atoms with Gasteiger partial charge in [0, 0.05) is 34.7 Å². The number of thioether (sulfide) groups is 1. The second kappa shape index (κ2) is 7.44. The summed E-state index contributed by atoms with van der Waals surface area (Å²) in [6, 6.07) is 14.9. The van der Waals surface area contributed by atoms with Gasteiger partial charge in [-0.15, -0.1) is 11.8 Å². The molecule has 4 rings (SSSR count). The van der Waals surface area contributed by atoms with Crippen LogP contribution in [0.2, 0.25) is 0 Å². The largest absolute Gasteiger partial charge is 0.370 e. The van der Waals surface area contributed by atoms with Gasteiger partial charge in [0.05, 0.1) is 16.3 Å². The summed E-state index contributed by atoms with van der Waals surface area (Å²) in [5, 5.41) is 19.4. The monoisotopic (exact) mass is 380 g/mol. The third kappa shape index (κ3) is 3.30. The number of fused-ring (bicyclic) bond motifs is 1. The first kappa shape index (κ1) is 17.6. The minimum Gasteiger partial charge on any atom is -0.370 e. The van der Waals surface area contributed by atoms with Crippen LogP contribution in [-0.4, -0.2) is 27.5 Å². The summed E-state index contributed by atoms with van der Waals surface area (Å²) < 4.78 is 1.89. The molecule has 0 amide bonds. The molecule has 138 valence electrons. The molecule has 1 aliphatic rings. The fourth-order valence-electron chi connectivity index (χ4n) is 3.46. The third-order valence-corrected chi connectivity index (χ3v) is 5.59. The van der Waals surface area contributed by atoms with Gasteiger partial charge in [0.15, 0.2) is 0 Å². The normalized spacial score (nSPS) is 13.5. The molecule has 7 heteroatoms. The number of nitro benzene ring substituents is 1. The highest BCUT2D eigenvalue weighted by Gasteiger charge is 2.23. The van der Waals surface area contributed by atoms with Gasteiger partial charge in [-0.3, -0.25) is 10.1 Å². The molecule has 0 aliphatic carbocycles. The number of non-ortho nitro benzene ring substituents is 1. The Morgan fingerprint density at radius 1 is 1.15 bits per heavy atom. The average Bonchev–Trinajstić information content (AvgIpc) is 2.88. The van der Waals surface area contributed by atoms with Gasteiger partial charge in [-0.05, 0) is 43.7 Å². The van der Waals surface area contributed by atoms with Crippen LogP contribution in [0.15, 0.2) is 53.4 Å². The van der Waals surface area contributed by atoms with Gasteiger partial charge in [0.2, 0.25) is 0 Å².